The summed E-state index contributed by atoms with van der Waals surface area (Å²) in [6, 6.07) is 12.9. The highest BCUT2D eigenvalue weighted by molar-refractivity contribution is 9.10. The van der Waals surface area contributed by atoms with Gasteiger partial charge in [-0.15, -0.1) is 0 Å². The number of amides is 2. The van der Waals surface area contributed by atoms with Gasteiger partial charge in [0.25, 0.3) is 11.8 Å². The molecule has 0 bridgehead atoms. The lowest BCUT2D eigenvalue weighted by atomic mass is 9.92. The number of carbonyl (C=O) groups excluding carboxylic acids is 2. The van der Waals surface area contributed by atoms with Gasteiger partial charge in [-0.3, -0.25) is 14.5 Å². The molecule has 5 heteroatoms. The quantitative estimate of drug-likeness (QED) is 0.757. The van der Waals surface area contributed by atoms with Crippen molar-refractivity contribution in [1.29, 1.82) is 0 Å². The Hall–Kier alpha value is -2.14. The smallest absolute Gasteiger partial charge is 0.261 e. The molecule has 2 aromatic rings. The zero-order valence-corrected chi connectivity index (χ0v) is 13.9. The normalized spacial score (nSPS) is 19.3. The van der Waals surface area contributed by atoms with E-state index < -0.39 is 0 Å². The molecule has 2 aliphatic rings. The van der Waals surface area contributed by atoms with Crippen LogP contribution in [0.25, 0.3) is 0 Å². The molecular formula is C18H14BrNO3. The lowest BCUT2D eigenvalue weighted by Gasteiger charge is -2.29. The van der Waals surface area contributed by atoms with Crippen molar-refractivity contribution in [2.24, 2.45) is 0 Å². The van der Waals surface area contributed by atoms with Gasteiger partial charge in [-0.1, -0.05) is 24.3 Å². The Morgan fingerprint density at radius 2 is 1.74 bits per heavy atom. The number of para-hydroxylation sites is 1. The second-order valence-electron chi connectivity index (χ2n) is 5.76. The maximum absolute atomic E-state index is 12.5. The van der Waals surface area contributed by atoms with Gasteiger partial charge in [0.05, 0.1) is 22.2 Å². The molecule has 0 N–H and O–H groups in total. The van der Waals surface area contributed by atoms with Gasteiger partial charge in [0.15, 0.2) is 0 Å². The number of benzene rings is 2. The molecule has 23 heavy (non-hydrogen) atoms. The zero-order valence-electron chi connectivity index (χ0n) is 12.3. The molecule has 4 nitrogen and oxygen atoms in total. The first-order valence-electron chi connectivity index (χ1n) is 7.53. The maximum Gasteiger partial charge on any atom is 0.261 e. The summed E-state index contributed by atoms with van der Waals surface area (Å²) in [5, 5.41) is 0. The maximum atomic E-state index is 12.5. The Kier molecular flexibility index (Phi) is 3.45. The number of fused-ring (bicyclic) bond motifs is 2. The average Bonchev–Trinajstić information content (AvgIpc) is 2.81. The van der Waals surface area contributed by atoms with Crippen LogP contribution in [0.5, 0.6) is 5.75 Å². The Labute approximate surface area is 142 Å². The van der Waals surface area contributed by atoms with E-state index in [0.29, 0.717) is 24.3 Å². The van der Waals surface area contributed by atoms with Gasteiger partial charge in [-0.25, -0.2) is 0 Å². The molecule has 0 spiro atoms. The van der Waals surface area contributed by atoms with Crippen molar-refractivity contribution in [3.63, 3.8) is 0 Å². The van der Waals surface area contributed by atoms with E-state index in [9.17, 15) is 9.59 Å². The summed E-state index contributed by atoms with van der Waals surface area (Å²) in [5.74, 6) is 0.515. The van der Waals surface area contributed by atoms with E-state index in [4.69, 9.17) is 4.74 Å². The first-order valence-corrected chi connectivity index (χ1v) is 8.32. The molecular weight excluding hydrogens is 358 g/mol. The Bertz CT molecular complexity index is 783. The van der Waals surface area contributed by atoms with Gasteiger partial charge < -0.3 is 4.74 Å². The molecule has 2 amide bonds. The van der Waals surface area contributed by atoms with E-state index in [2.05, 4.69) is 15.9 Å². The fourth-order valence-corrected chi connectivity index (χ4v) is 3.77. The van der Waals surface area contributed by atoms with Crippen LogP contribution in [0.3, 0.4) is 0 Å². The summed E-state index contributed by atoms with van der Waals surface area (Å²) < 4.78 is 6.63. The van der Waals surface area contributed by atoms with Gasteiger partial charge in [-0.2, -0.15) is 0 Å². The predicted octanol–water partition coefficient (Wildman–Crippen LogP) is 3.61. The van der Waals surface area contributed by atoms with E-state index in [1.165, 1.54) is 4.90 Å². The third kappa shape index (κ3) is 2.27. The molecule has 0 fully saturated rings. The number of rotatable bonds is 2. The van der Waals surface area contributed by atoms with E-state index >= 15 is 0 Å². The minimum atomic E-state index is -0.200. The average molecular weight is 372 g/mol. The summed E-state index contributed by atoms with van der Waals surface area (Å²) in [6.45, 7) is 0.975. The van der Waals surface area contributed by atoms with Gasteiger partial charge >= 0.3 is 0 Å². The Morgan fingerprint density at radius 3 is 2.43 bits per heavy atom. The van der Waals surface area contributed by atoms with Gasteiger partial charge in [-0.05, 0) is 40.5 Å². The summed E-state index contributed by atoms with van der Waals surface area (Å²) >= 11 is 3.50. The molecule has 4 rings (SSSR count). The molecule has 0 aliphatic carbocycles. The van der Waals surface area contributed by atoms with Gasteiger partial charge in [0.2, 0.25) is 0 Å². The predicted molar refractivity (Wildman–Crippen MR) is 88.8 cm³/mol. The zero-order chi connectivity index (χ0) is 16.0. The number of nitrogens with zero attached hydrogens (tertiary/aromatic N) is 1. The van der Waals surface area contributed by atoms with Crippen molar-refractivity contribution < 1.29 is 14.3 Å². The summed E-state index contributed by atoms with van der Waals surface area (Å²) in [7, 11) is 0. The van der Waals surface area contributed by atoms with Gasteiger partial charge in [0.1, 0.15) is 5.75 Å². The van der Waals surface area contributed by atoms with Crippen molar-refractivity contribution in [2.45, 2.75) is 12.3 Å². The topological polar surface area (TPSA) is 46.6 Å². The second kappa shape index (κ2) is 5.49. The number of carbonyl (C=O) groups is 2. The number of halogens is 1. The number of hydrogen-bond donors (Lipinski definition) is 0. The highest BCUT2D eigenvalue weighted by atomic mass is 79.9. The van der Waals surface area contributed by atoms with Crippen LogP contribution in [-0.2, 0) is 0 Å². The molecule has 0 saturated heterocycles. The monoisotopic (exact) mass is 371 g/mol. The van der Waals surface area contributed by atoms with Crippen molar-refractivity contribution in [3.05, 3.63) is 63.6 Å². The largest absolute Gasteiger partial charge is 0.492 e. The van der Waals surface area contributed by atoms with Crippen LogP contribution in [0, 0.1) is 0 Å². The molecule has 0 saturated carbocycles. The highest BCUT2D eigenvalue weighted by Gasteiger charge is 2.37. The van der Waals surface area contributed by atoms with Crippen LogP contribution in [-0.4, -0.2) is 29.9 Å². The van der Waals surface area contributed by atoms with E-state index in [-0.39, 0.29) is 17.7 Å². The number of ether oxygens (including phenoxy) is 1. The molecule has 0 aromatic heterocycles. The lowest BCUT2D eigenvalue weighted by molar-refractivity contribution is 0.0635. The van der Waals surface area contributed by atoms with Crippen molar-refractivity contribution in [3.8, 4) is 5.75 Å². The first-order chi connectivity index (χ1) is 11.2. The molecule has 0 radical (unpaired) electrons. The minimum absolute atomic E-state index is 0.0958. The second-order valence-corrected chi connectivity index (χ2v) is 6.61. The van der Waals surface area contributed by atoms with Crippen LogP contribution in [0.2, 0.25) is 0 Å². The fraction of sp³-hybridized carbons (Fsp3) is 0.222. The molecule has 1 atom stereocenters. The SMILES string of the molecule is O=C1c2ccccc2C(=O)N1CC1CCOc2c(Br)cccc21. The number of hydrogen-bond acceptors (Lipinski definition) is 3. The lowest BCUT2D eigenvalue weighted by Crippen LogP contribution is -2.35. The van der Waals surface area contributed by atoms with Crippen LogP contribution in [0.15, 0.2) is 46.9 Å². The molecule has 2 heterocycles. The molecule has 2 aromatic carbocycles. The minimum Gasteiger partial charge on any atom is -0.492 e. The highest BCUT2D eigenvalue weighted by Crippen LogP contribution is 2.40. The first kappa shape index (κ1) is 14.5. The van der Waals surface area contributed by atoms with E-state index in [1.807, 2.05) is 18.2 Å². The van der Waals surface area contributed by atoms with Crippen molar-refractivity contribution in [1.82, 2.24) is 4.90 Å². The van der Waals surface area contributed by atoms with Gasteiger partial charge in [0, 0.05) is 18.0 Å². The summed E-state index contributed by atoms with van der Waals surface area (Å²) in [6.07, 6.45) is 0.789. The summed E-state index contributed by atoms with van der Waals surface area (Å²) in [5.41, 5.74) is 2.04. The molecule has 1 unspecified atom stereocenters. The standard InChI is InChI=1S/C18H14BrNO3/c19-15-7-3-6-12-11(8-9-23-16(12)15)10-20-17(21)13-4-1-2-5-14(13)18(20)22/h1-7,11H,8-10H2. The fourth-order valence-electron chi connectivity index (χ4n) is 3.27. The van der Waals surface area contributed by atoms with Crippen molar-refractivity contribution >= 4 is 27.7 Å². The van der Waals surface area contributed by atoms with Crippen LogP contribution in [0.4, 0.5) is 0 Å². The van der Waals surface area contributed by atoms with E-state index in [1.54, 1.807) is 24.3 Å². The third-order valence-electron chi connectivity index (χ3n) is 4.43. The third-order valence-corrected chi connectivity index (χ3v) is 5.06. The van der Waals surface area contributed by atoms with Crippen LogP contribution >= 0.6 is 15.9 Å². The molecule has 2 aliphatic heterocycles. The summed E-state index contributed by atoms with van der Waals surface area (Å²) in [4.78, 5) is 26.4. The van der Waals surface area contributed by atoms with Crippen LogP contribution < -0.4 is 4.74 Å². The number of imide groups is 1. The van der Waals surface area contributed by atoms with Crippen molar-refractivity contribution in [2.75, 3.05) is 13.2 Å². The molecule has 116 valence electrons. The Morgan fingerprint density at radius 1 is 1.04 bits per heavy atom. The van der Waals surface area contributed by atoms with E-state index in [0.717, 1.165) is 22.2 Å². The Balaban J connectivity index is 1.65. The van der Waals surface area contributed by atoms with Crippen LogP contribution in [0.1, 0.15) is 38.6 Å².